The fourth-order valence-corrected chi connectivity index (χ4v) is 4.25. The molecule has 0 atom stereocenters. The molecule has 4 rings (SSSR count). The topological polar surface area (TPSA) is 49.1 Å². The summed E-state index contributed by atoms with van der Waals surface area (Å²) in [6.45, 7) is 1.91. The molecule has 0 amide bonds. The first kappa shape index (κ1) is 17.3. The Bertz CT molecular complexity index is 929. The highest BCUT2D eigenvalue weighted by molar-refractivity contribution is 7.98. The van der Waals surface area contributed by atoms with Crippen molar-refractivity contribution < 1.29 is 14.7 Å². The second-order valence-corrected chi connectivity index (χ2v) is 7.87. The summed E-state index contributed by atoms with van der Waals surface area (Å²) in [4.78, 5) is 4.34. The van der Waals surface area contributed by atoms with Gasteiger partial charge < -0.3 is 9.94 Å². The van der Waals surface area contributed by atoms with Gasteiger partial charge in [0.15, 0.2) is 0 Å². The smallest absolute Gasteiger partial charge is 0.326 e. The standard InChI is InChI=1S/C21H24N2O2S/c1-14-12-18(17-10-11-22-21(17)23(14)24)19-13-16(26-2)8-9-20(19)25-15-6-4-3-5-7-15/h8-13,15,24H,3-7H2,1-2H3/p+1. The van der Waals surface area contributed by atoms with Gasteiger partial charge in [-0.3, -0.25) is 0 Å². The van der Waals surface area contributed by atoms with E-state index in [9.17, 15) is 5.21 Å². The van der Waals surface area contributed by atoms with Gasteiger partial charge in [0.1, 0.15) is 11.4 Å². The van der Waals surface area contributed by atoms with Gasteiger partial charge in [0, 0.05) is 22.9 Å². The molecule has 26 heavy (non-hydrogen) atoms. The highest BCUT2D eigenvalue weighted by atomic mass is 32.2. The summed E-state index contributed by atoms with van der Waals surface area (Å²) in [6, 6.07) is 10.5. The number of nitrogens with one attached hydrogen (secondary N) is 1. The fourth-order valence-electron chi connectivity index (χ4n) is 3.81. The summed E-state index contributed by atoms with van der Waals surface area (Å²) >= 11 is 1.73. The molecule has 5 heteroatoms. The lowest BCUT2D eigenvalue weighted by Gasteiger charge is -2.24. The first-order valence-corrected chi connectivity index (χ1v) is 10.5. The average molecular weight is 370 g/mol. The van der Waals surface area contributed by atoms with Crippen LogP contribution in [-0.2, 0) is 0 Å². The molecule has 0 spiro atoms. The Morgan fingerprint density at radius 2 is 1.92 bits per heavy atom. The zero-order valence-electron chi connectivity index (χ0n) is 15.3. The molecule has 0 aliphatic heterocycles. The van der Waals surface area contributed by atoms with E-state index >= 15 is 0 Å². The van der Waals surface area contributed by atoms with Crippen molar-refractivity contribution in [3.05, 3.63) is 42.2 Å². The van der Waals surface area contributed by atoms with Gasteiger partial charge >= 0.3 is 5.65 Å². The largest absolute Gasteiger partial charge is 0.490 e. The number of aromatic amines is 1. The Hall–Kier alpha value is -2.14. The molecule has 1 aliphatic rings. The molecule has 1 saturated carbocycles. The van der Waals surface area contributed by atoms with Crippen LogP contribution in [0.15, 0.2) is 41.4 Å². The number of rotatable bonds is 4. The van der Waals surface area contributed by atoms with E-state index in [0.29, 0.717) is 11.8 Å². The van der Waals surface area contributed by atoms with Gasteiger partial charge in [-0.05, 0) is 67.0 Å². The number of fused-ring (bicyclic) bond motifs is 1. The van der Waals surface area contributed by atoms with Crippen molar-refractivity contribution in [3.8, 4) is 16.9 Å². The first-order chi connectivity index (χ1) is 12.7. The molecule has 1 aliphatic carbocycles. The second kappa shape index (κ2) is 7.23. The van der Waals surface area contributed by atoms with Gasteiger partial charge in [0.2, 0.25) is 0 Å². The molecule has 136 valence electrons. The van der Waals surface area contributed by atoms with E-state index in [4.69, 9.17) is 4.74 Å². The number of hydrogen-bond acceptors (Lipinski definition) is 3. The Labute approximate surface area is 158 Å². The highest BCUT2D eigenvalue weighted by Crippen LogP contribution is 2.38. The molecule has 0 unspecified atom stereocenters. The molecule has 0 bridgehead atoms. The summed E-state index contributed by atoms with van der Waals surface area (Å²) in [5, 5.41) is 11.3. The lowest BCUT2D eigenvalue weighted by Crippen LogP contribution is -2.34. The van der Waals surface area contributed by atoms with Crippen LogP contribution in [0.3, 0.4) is 0 Å². The number of benzene rings is 1. The van der Waals surface area contributed by atoms with E-state index in [0.717, 1.165) is 40.8 Å². The lowest BCUT2D eigenvalue weighted by atomic mass is 9.97. The van der Waals surface area contributed by atoms with Crippen molar-refractivity contribution >= 4 is 22.8 Å². The molecule has 0 radical (unpaired) electrons. The van der Waals surface area contributed by atoms with E-state index < -0.39 is 0 Å². The van der Waals surface area contributed by atoms with Crippen LogP contribution in [0.1, 0.15) is 37.8 Å². The summed E-state index contributed by atoms with van der Waals surface area (Å²) in [7, 11) is 0. The monoisotopic (exact) mass is 369 g/mol. The van der Waals surface area contributed by atoms with Crippen LogP contribution in [0.4, 0.5) is 0 Å². The Kier molecular flexibility index (Phi) is 4.81. The van der Waals surface area contributed by atoms with Crippen LogP contribution < -0.4 is 9.47 Å². The average Bonchev–Trinajstić information content (AvgIpc) is 3.16. The first-order valence-electron chi connectivity index (χ1n) is 9.24. The molecule has 0 saturated heterocycles. The third kappa shape index (κ3) is 3.16. The Morgan fingerprint density at radius 3 is 2.69 bits per heavy atom. The zero-order chi connectivity index (χ0) is 18.1. The number of thioether (sulfide) groups is 1. The van der Waals surface area contributed by atoms with Crippen LogP contribution in [0, 0.1) is 6.92 Å². The quantitative estimate of drug-likeness (QED) is 0.382. The van der Waals surface area contributed by atoms with Gasteiger partial charge in [0.05, 0.1) is 17.7 Å². The lowest BCUT2D eigenvalue weighted by molar-refractivity contribution is -0.889. The normalized spacial score (nSPS) is 15.5. The maximum Gasteiger partial charge on any atom is 0.326 e. The molecule has 3 aromatic rings. The summed E-state index contributed by atoms with van der Waals surface area (Å²) < 4.78 is 7.65. The number of aromatic nitrogens is 2. The minimum absolute atomic E-state index is 0.303. The number of H-pyrrole nitrogens is 1. The van der Waals surface area contributed by atoms with Crippen molar-refractivity contribution in [3.63, 3.8) is 0 Å². The van der Waals surface area contributed by atoms with Crippen LogP contribution >= 0.6 is 11.8 Å². The molecule has 2 heterocycles. The third-order valence-electron chi connectivity index (χ3n) is 5.24. The van der Waals surface area contributed by atoms with Crippen molar-refractivity contribution in [2.24, 2.45) is 0 Å². The van der Waals surface area contributed by atoms with Crippen molar-refractivity contribution in [1.29, 1.82) is 0 Å². The van der Waals surface area contributed by atoms with E-state index in [1.165, 1.54) is 28.9 Å². The molecule has 2 N–H and O–H groups in total. The predicted molar refractivity (Wildman–Crippen MR) is 105 cm³/mol. The van der Waals surface area contributed by atoms with E-state index in [1.54, 1.807) is 11.8 Å². The molecule has 1 aromatic carbocycles. The van der Waals surface area contributed by atoms with Crippen molar-refractivity contribution in [1.82, 2.24) is 4.98 Å². The number of hydrogen-bond donors (Lipinski definition) is 2. The highest BCUT2D eigenvalue weighted by Gasteiger charge is 2.22. The number of ether oxygens (including phenoxy) is 1. The molecule has 2 aromatic heterocycles. The van der Waals surface area contributed by atoms with Crippen molar-refractivity contribution in [2.75, 3.05) is 6.26 Å². The van der Waals surface area contributed by atoms with Gasteiger partial charge in [-0.2, -0.15) is 0 Å². The van der Waals surface area contributed by atoms with Gasteiger partial charge in [0.25, 0.3) is 0 Å². The summed E-state index contributed by atoms with van der Waals surface area (Å²) in [5.74, 6) is 0.937. The predicted octanol–water partition coefficient (Wildman–Crippen LogP) is 5.10. The number of pyridine rings is 1. The van der Waals surface area contributed by atoms with Crippen LogP contribution in [0.2, 0.25) is 0 Å². The Balaban J connectivity index is 1.84. The second-order valence-electron chi connectivity index (χ2n) is 6.99. The minimum atomic E-state index is 0.303. The molecular formula is C21H25N2O2S+. The maximum absolute atomic E-state index is 10.3. The van der Waals surface area contributed by atoms with Gasteiger partial charge in [-0.25, -0.2) is 4.98 Å². The maximum atomic E-state index is 10.3. The van der Waals surface area contributed by atoms with Crippen LogP contribution in [0.25, 0.3) is 22.2 Å². The van der Waals surface area contributed by atoms with E-state index in [-0.39, 0.29) is 0 Å². The number of nitrogens with zero attached hydrogens (tertiary/aromatic N) is 1. The van der Waals surface area contributed by atoms with E-state index in [1.807, 2.05) is 25.3 Å². The molecule has 4 nitrogen and oxygen atoms in total. The van der Waals surface area contributed by atoms with Crippen LogP contribution in [0.5, 0.6) is 5.75 Å². The van der Waals surface area contributed by atoms with Crippen LogP contribution in [-0.4, -0.2) is 22.6 Å². The SMILES string of the molecule is CSc1ccc(OC2CCCCC2)c(-c2cc(C)[n+](O)c3[nH]ccc23)c1. The molecular weight excluding hydrogens is 344 g/mol. The summed E-state index contributed by atoms with van der Waals surface area (Å²) in [6.07, 6.45) is 10.3. The Morgan fingerprint density at radius 1 is 1.12 bits per heavy atom. The van der Waals surface area contributed by atoms with Gasteiger partial charge in [-0.1, -0.05) is 6.42 Å². The number of aryl methyl sites for hydroxylation is 1. The van der Waals surface area contributed by atoms with Crippen molar-refractivity contribution in [2.45, 2.75) is 50.0 Å². The fraction of sp³-hybridized carbons (Fsp3) is 0.381. The molecule has 1 fully saturated rings. The minimum Gasteiger partial charge on any atom is -0.490 e. The van der Waals surface area contributed by atoms with E-state index in [2.05, 4.69) is 29.4 Å². The summed E-state index contributed by atoms with van der Waals surface area (Å²) in [5.41, 5.74) is 3.67. The van der Waals surface area contributed by atoms with Gasteiger partial charge in [-0.15, -0.1) is 11.8 Å². The third-order valence-corrected chi connectivity index (χ3v) is 5.96. The zero-order valence-corrected chi connectivity index (χ0v) is 16.1.